The molecule has 0 spiro atoms. The number of rotatable bonds is 4. The Morgan fingerprint density at radius 2 is 2.15 bits per heavy atom. The first-order valence-corrected chi connectivity index (χ1v) is 7.22. The summed E-state index contributed by atoms with van der Waals surface area (Å²) in [5.41, 5.74) is 1.20. The van der Waals surface area contributed by atoms with E-state index in [1.165, 1.54) is 19.6 Å². The second kappa shape index (κ2) is 6.00. The van der Waals surface area contributed by atoms with Crippen LogP contribution in [0.1, 0.15) is 27.2 Å². The van der Waals surface area contributed by atoms with Gasteiger partial charge in [0.25, 0.3) is 0 Å². The van der Waals surface area contributed by atoms with Gasteiger partial charge in [-0.2, -0.15) is 0 Å². The van der Waals surface area contributed by atoms with Crippen LogP contribution in [0.25, 0.3) is 0 Å². The molecule has 1 aliphatic rings. The number of nitrogens with zero attached hydrogens (tertiary/aromatic N) is 1. The lowest BCUT2D eigenvalue weighted by Crippen LogP contribution is -2.39. The van der Waals surface area contributed by atoms with Crippen molar-refractivity contribution in [3.05, 3.63) is 24.0 Å². The number of hydrogen-bond donors (Lipinski definition) is 1. The molecule has 1 atom stereocenters. The van der Waals surface area contributed by atoms with Crippen LogP contribution in [0, 0.1) is 11.7 Å². The fourth-order valence-electron chi connectivity index (χ4n) is 2.53. The molecular weight excluding hydrogens is 255 g/mol. The summed E-state index contributed by atoms with van der Waals surface area (Å²) in [5, 5.41) is 3.56. The van der Waals surface area contributed by atoms with Gasteiger partial charge in [-0.3, -0.25) is 0 Å². The number of benzene rings is 1. The number of methoxy groups -OCH3 is 1. The van der Waals surface area contributed by atoms with Crippen LogP contribution in [0.4, 0.5) is 10.1 Å². The van der Waals surface area contributed by atoms with E-state index in [1.54, 1.807) is 6.07 Å². The van der Waals surface area contributed by atoms with Crippen LogP contribution in [0.5, 0.6) is 5.75 Å². The Balaban J connectivity index is 1.95. The van der Waals surface area contributed by atoms with Crippen molar-refractivity contribution in [2.75, 3.05) is 31.6 Å². The standard InChI is InChI=1S/C16H25FN2O/c1-16(2,3)18-10-12-7-8-19(11-12)13-5-6-14(17)15(9-13)20-4/h5-6,9,12,18H,7-8,10-11H2,1-4H3. The van der Waals surface area contributed by atoms with Crippen molar-refractivity contribution in [1.82, 2.24) is 5.32 Å². The monoisotopic (exact) mass is 280 g/mol. The summed E-state index contributed by atoms with van der Waals surface area (Å²) in [6.07, 6.45) is 1.17. The van der Waals surface area contributed by atoms with Gasteiger partial charge in [0.1, 0.15) is 0 Å². The molecule has 1 fully saturated rings. The van der Waals surface area contributed by atoms with Crippen LogP contribution < -0.4 is 15.0 Å². The van der Waals surface area contributed by atoms with Gasteiger partial charge >= 0.3 is 0 Å². The van der Waals surface area contributed by atoms with Gasteiger partial charge in [0.2, 0.25) is 0 Å². The van der Waals surface area contributed by atoms with Crippen molar-refractivity contribution in [3.8, 4) is 5.75 Å². The molecule has 4 heteroatoms. The van der Waals surface area contributed by atoms with E-state index in [1.807, 2.05) is 6.07 Å². The second-order valence-electron chi connectivity index (χ2n) is 6.55. The van der Waals surface area contributed by atoms with Crippen molar-refractivity contribution in [3.63, 3.8) is 0 Å². The van der Waals surface area contributed by atoms with Crippen LogP contribution in [-0.2, 0) is 0 Å². The van der Waals surface area contributed by atoms with E-state index in [4.69, 9.17) is 4.74 Å². The smallest absolute Gasteiger partial charge is 0.165 e. The quantitative estimate of drug-likeness (QED) is 0.917. The summed E-state index contributed by atoms with van der Waals surface area (Å²) in [7, 11) is 1.50. The van der Waals surface area contributed by atoms with Gasteiger partial charge in [0.05, 0.1) is 7.11 Å². The average molecular weight is 280 g/mol. The van der Waals surface area contributed by atoms with Gasteiger partial charge in [-0.15, -0.1) is 0 Å². The van der Waals surface area contributed by atoms with Crippen molar-refractivity contribution >= 4 is 5.69 Å². The van der Waals surface area contributed by atoms with Gasteiger partial charge in [-0.05, 0) is 45.2 Å². The predicted octanol–water partition coefficient (Wildman–Crippen LogP) is 3.05. The third kappa shape index (κ3) is 3.85. The molecule has 2 rings (SSSR count). The lowest BCUT2D eigenvalue weighted by atomic mass is 10.1. The van der Waals surface area contributed by atoms with Crippen LogP contribution in [0.3, 0.4) is 0 Å². The summed E-state index contributed by atoms with van der Waals surface area (Å²) in [5.74, 6) is 0.658. The van der Waals surface area contributed by atoms with Crippen LogP contribution in [0.15, 0.2) is 18.2 Å². The second-order valence-corrected chi connectivity index (χ2v) is 6.55. The van der Waals surface area contributed by atoms with Gasteiger partial charge in [0.15, 0.2) is 11.6 Å². The maximum Gasteiger partial charge on any atom is 0.165 e. The Morgan fingerprint density at radius 1 is 1.40 bits per heavy atom. The van der Waals surface area contributed by atoms with E-state index in [2.05, 4.69) is 31.0 Å². The van der Waals surface area contributed by atoms with Crippen molar-refractivity contribution in [2.24, 2.45) is 5.92 Å². The van der Waals surface area contributed by atoms with E-state index in [0.717, 1.165) is 25.3 Å². The third-order valence-electron chi connectivity index (χ3n) is 3.71. The normalized spacial score (nSPS) is 19.4. The number of anilines is 1. The van der Waals surface area contributed by atoms with Crippen LogP contribution in [0.2, 0.25) is 0 Å². The average Bonchev–Trinajstić information content (AvgIpc) is 2.85. The molecule has 3 nitrogen and oxygen atoms in total. The highest BCUT2D eigenvalue weighted by molar-refractivity contribution is 5.52. The van der Waals surface area contributed by atoms with Gasteiger partial charge in [-0.25, -0.2) is 4.39 Å². The number of nitrogens with one attached hydrogen (secondary N) is 1. The van der Waals surface area contributed by atoms with Gasteiger partial charge in [-0.1, -0.05) is 0 Å². The molecular formula is C16H25FN2O. The molecule has 1 N–H and O–H groups in total. The lowest BCUT2D eigenvalue weighted by molar-refractivity contribution is 0.383. The molecule has 20 heavy (non-hydrogen) atoms. The molecule has 0 saturated carbocycles. The van der Waals surface area contributed by atoms with E-state index in [0.29, 0.717) is 11.7 Å². The van der Waals surface area contributed by atoms with Gasteiger partial charge < -0.3 is 15.0 Å². The molecule has 1 aliphatic heterocycles. The first-order chi connectivity index (χ1) is 9.39. The SMILES string of the molecule is COc1cc(N2CCC(CNC(C)(C)C)C2)ccc1F. The zero-order chi connectivity index (χ0) is 14.8. The van der Waals surface area contributed by atoms with E-state index < -0.39 is 0 Å². The summed E-state index contributed by atoms with van der Waals surface area (Å²) in [6, 6.07) is 5.10. The zero-order valence-corrected chi connectivity index (χ0v) is 12.9. The summed E-state index contributed by atoms with van der Waals surface area (Å²) >= 11 is 0. The molecule has 0 aromatic heterocycles. The lowest BCUT2D eigenvalue weighted by Gasteiger charge is -2.24. The predicted molar refractivity (Wildman–Crippen MR) is 81.0 cm³/mol. The third-order valence-corrected chi connectivity index (χ3v) is 3.71. The molecule has 1 aromatic rings. The molecule has 0 bridgehead atoms. The number of halogens is 1. The van der Waals surface area contributed by atoms with Gasteiger partial charge in [0, 0.05) is 36.9 Å². The highest BCUT2D eigenvalue weighted by Crippen LogP contribution is 2.28. The highest BCUT2D eigenvalue weighted by atomic mass is 19.1. The summed E-state index contributed by atoms with van der Waals surface area (Å²) in [4.78, 5) is 2.30. The van der Waals surface area contributed by atoms with E-state index in [9.17, 15) is 4.39 Å². The fourth-order valence-corrected chi connectivity index (χ4v) is 2.53. The minimum Gasteiger partial charge on any atom is -0.494 e. The largest absolute Gasteiger partial charge is 0.494 e. The number of ether oxygens (including phenoxy) is 1. The molecule has 1 aromatic carbocycles. The number of hydrogen-bond acceptors (Lipinski definition) is 3. The van der Waals surface area contributed by atoms with Crippen LogP contribution in [-0.4, -0.2) is 32.3 Å². The Morgan fingerprint density at radius 3 is 2.80 bits per heavy atom. The first kappa shape index (κ1) is 15.1. The topological polar surface area (TPSA) is 24.5 Å². The van der Waals surface area contributed by atoms with Crippen molar-refractivity contribution < 1.29 is 9.13 Å². The summed E-state index contributed by atoms with van der Waals surface area (Å²) < 4.78 is 18.5. The Kier molecular flexibility index (Phi) is 4.53. The first-order valence-electron chi connectivity index (χ1n) is 7.22. The molecule has 1 saturated heterocycles. The zero-order valence-electron chi connectivity index (χ0n) is 12.9. The molecule has 1 unspecified atom stereocenters. The molecule has 1 heterocycles. The van der Waals surface area contributed by atoms with Crippen molar-refractivity contribution in [1.29, 1.82) is 0 Å². The van der Waals surface area contributed by atoms with E-state index in [-0.39, 0.29) is 11.4 Å². The maximum atomic E-state index is 13.4. The Bertz CT molecular complexity index is 456. The fraction of sp³-hybridized carbons (Fsp3) is 0.625. The molecule has 112 valence electrons. The molecule has 0 radical (unpaired) electrons. The highest BCUT2D eigenvalue weighted by Gasteiger charge is 2.24. The Hall–Kier alpha value is -1.29. The minimum absolute atomic E-state index is 0.159. The van der Waals surface area contributed by atoms with Crippen molar-refractivity contribution in [2.45, 2.75) is 32.7 Å². The van der Waals surface area contributed by atoms with E-state index >= 15 is 0 Å². The Labute approximate surface area is 121 Å². The summed E-state index contributed by atoms with van der Waals surface area (Å²) in [6.45, 7) is 9.61. The maximum absolute atomic E-state index is 13.4. The van der Waals surface area contributed by atoms with Crippen LogP contribution >= 0.6 is 0 Å². The molecule has 0 aliphatic carbocycles. The minimum atomic E-state index is -0.304. The molecule has 0 amide bonds.